The molecule has 9 heteroatoms. The largest absolute Gasteiger partial charge is 0.545 e. The number of carbonyl (C=O) groups is 3. The zero-order valence-electron chi connectivity index (χ0n) is 46.8. The number of quaternary nitrogens is 1. The molecule has 0 aliphatic carbocycles. The number of ether oxygens (including phenoxy) is 4. The summed E-state index contributed by atoms with van der Waals surface area (Å²) in [6.45, 7) is 4.54. The topological polar surface area (TPSA) is 111 Å². The Labute approximate surface area is 437 Å². The molecule has 0 heterocycles. The lowest BCUT2D eigenvalue weighted by Gasteiger charge is -2.26. The number of allylic oxidation sites excluding steroid dienone is 9. The van der Waals surface area contributed by atoms with Crippen molar-refractivity contribution in [1.29, 1.82) is 0 Å². The average Bonchev–Trinajstić information content (AvgIpc) is 3.34. The van der Waals surface area contributed by atoms with E-state index in [1.54, 1.807) is 6.08 Å². The summed E-state index contributed by atoms with van der Waals surface area (Å²) < 4.78 is 22.5. The van der Waals surface area contributed by atoms with E-state index in [4.69, 9.17) is 18.9 Å². The summed E-state index contributed by atoms with van der Waals surface area (Å²) in [5.74, 6) is -2.44. The maximum atomic E-state index is 12.7. The van der Waals surface area contributed by atoms with Crippen LogP contribution >= 0.6 is 0 Å². The van der Waals surface area contributed by atoms with Crippen molar-refractivity contribution in [3.05, 3.63) is 60.8 Å². The molecule has 0 saturated heterocycles. The van der Waals surface area contributed by atoms with Crippen molar-refractivity contribution in [3.8, 4) is 0 Å². The number of nitrogens with zero attached hydrogens (tertiary/aromatic N) is 1. The van der Waals surface area contributed by atoms with Gasteiger partial charge in [-0.05, 0) is 38.5 Å². The highest BCUT2D eigenvalue weighted by Gasteiger charge is 2.21. The normalized spacial score (nSPS) is 13.2. The number of carbonyl (C=O) groups excluding carboxylic acids is 3. The predicted octanol–water partition coefficient (Wildman–Crippen LogP) is 15.9. The predicted molar refractivity (Wildman–Crippen MR) is 297 cm³/mol. The molecule has 0 aromatic carbocycles. The molecule has 0 aliphatic heterocycles. The third kappa shape index (κ3) is 54.6. The molecule has 9 nitrogen and oxygen atoms in total. The van der Waals surface area contributed by atoms with Gasteiger partial charge in [-0.2, -0.15) is 0 Å². The van der Waals surface area contributed by atoms with E-state index in [0.29, 0.717) is 17.4 Å². The van der Waals surface area contributed by atoms with Crippen molar-refractivity contribution in [2.24, 2.45) is 0 Å². The van der Waals surface area contributed by atoms with Crippen LogP contribution in [-0.2, 0) is 33.3 Å². The molecular formula is C62H111NO8. The summed E-state index contributed by atoms with van der Waals surface area (Å²) in [5.41, 5.74) is 0. The smallest absolute Gasteiger partial charge is 0.310 e. The fourth-order valence-corrected chi connectivity index (χ4v) is 8.32. The number of carboxylic acid groups (broad SMARTS) is 1. The summed E-state index contributed by atoms with van der Waals surface area (Å²) >= 11 is 0. The second kappa shape index (κ2) is 53.3. The van der Waals surface area contributed by atoms with Crippen LogP contribution in [0, 0.1) is 0 Å². The highest BCUT2D eigenvalue weighted by Crippen LogP contribution is 2.17. The van der Waals surface area contributed by atoms with Crippen LogP contribution < -0.4 is 5.11 Å². The molecule has 0 amide bonds. The van der Waals surface area contributed by atoms with Crippen LogP contribution in [0.2, 0.25) is 0 Å². The van der Waals surface area contributed by atoms with Crippen LogP contribution in [0.4, 0.5) is 0 Å². The Bertz CT molecular complexity index is 1350. The molecule has 0 saturated carbocycles. The van der Waals surface area contributed by atoms with E-state index >= 15 is 0 Å². The molecule has 0 bridgehead atoms. The van der Waals surface area contributed by atoms with Gasteiger partial charge < -0.3 is 33.3 Å². The van der Waals surface area contributed by atoms with Crippen molar-refractivity contribution in [3.63, 3.8) is 0 Å². The molecule has 0 spiro atoms. The highest BCUT2D eigenvalue weighted by atomic mass is 16.7. The van der Waals surface area contributed by atoms with Crippen molar-refractivity contribution in [2.75, 3.05) is 47.5 Å². The first kappa shape index (κ1) is 68.0. The molecule has 0 aliphatic rings. The van der Waals surface area contributed by atoms with Gasteiger partial charge in [0.25, 0.3) is 0 Å². The van der Waals surface area contributed by atoms with Gasteiger partial charge in [-0.15, -0.1) is 0 Å². The fourth-order valence-electron chi connectivity index (χ4n) is 8.32. The zero-order chi connectivity index (χ0) is 52.0. The van der Waals surface area contributed by atoms with Gasteiger partial charge in [0.1, 0.15) is 13.2 Å². The maximum absolute atomic E-state index is 12.7. The van der Waals surface area contributed by atoms with Gasteiger partial charge in [-0.1, -0.05) is 267 Å². The SMILES string of the molecule is CC/C=C\C/C=C\C/C=C\C/C=C\C/C=C\CC(=O)OC(COC(=O)CCCCCCCCCCCCCCCCCCCCCCCCCCCCCCCCC)COC(OCC[N+](C)(C)C)C(=O)[O-]. The first-order chi connectivity index (χ1) is 34.6. The summed E-state index contributed by atoms with van der Waals surface area (Å²) in [6, 6.07) is 0. The van der Waals surface area contributed by atoms with Crippen LogP contribution in [0.25, 0.3) is 0 Å². The molecule has 71 heavy (non-hydrogen) atoms. The van der Waals surface area contributed by atoms with Crippen molar-refractivity contribution in [2.45, 2.75) is 270 Å². The highest BCUT2D eigenvalue weighted by molar-refractivity contribution is 5.71. The summed E-state index contributed by atoms with van der Waals surface area (Å²) in [6.07, 6.45) is 64.8. The van der Waals surface area contributed by atoms with Crippen LogP contribution in [0.5, 0.6) is 0 Å². The molecule has 0 rings (SSSR count). The van der Waals surface area contributed by atoms with Gasteiger partial charge in [-0.3, -0.25) is 9.59 Å². The Morgan fingerprint density at radius 3 is 1.14 bits per heavy atom. The molecule has 0 radical (unpaired) electrons. The van der Waals surface area contributed by atoms with Gasteiger partial charge in [-0.25, -0.2) is 0 Å². The second-order valence-electron chi connectivity index (χ2n) is 20.9. The molecule has 0 fully saturated rings. The van der Waals surface area contributed by atoms with E-state index in [-0.39, 0.29) is 38.6 Å². The van der Waals surface area contributed by atoms with Crippen LogP contribution in [0.3, 0.4) is 0 Å². The van der Waals surface area contributed by atoms with Crippen molar-refractivity contribution >= 4 is 17.9 Å². The minimum Gasteiger partial charge on any atom is -0.545 e. The molecule has 0 N–H and O–H groups in total. The van der Waals surface area contributed by atoms with Crippen LogP contribution in [0.15, 0.2) is 60.8 Å². The Kier molecular flexibility index (Phi) is 51.0. The average molecular weight is 999 g/mol. The van der Waals surface area contributed by atoms with Crippen molar-refractivity contribution < 1.29 is 42.9 Å². The second-order valence-corrected chi connectivity index (χ2v) is 20.9. The Balaban J connectivity index is 4.13. The number of rotatable bonds is 54. The van der Waals surface area contributed by atoms with Gasteiger partial charge in [0.2, 0.25) is 0 Å². The lowest BCUT2D eigenvalue weighted by Crippen LogP contribution is -2.44. The third-order valence-electron chi connectivity index (χ3n) is 12.8. The number of likely N-dealkylation sites (N-methyl/N-ethyl adjacent to an activating group) is 1. The Morgan fingerprint density at radius 1 is 0.437 bits per heavy atom. The number of hydrogen-bond donors (Lipinski definition) is 0. The van der Waals surface area contributed by atoms with E-state index in [9.17, 15) is 19.5 Å². The molecule has 0 aromatic heterocycles. The number of esters is 2. The summed E-state index contributed by atoms with van der Waals surface area (Å²) in [5, 5.41) is 11.7. The lowest BCUT2D eigenvalue weighted by molar-refractivity contribution is -0.870. The molecule has 412 valence electrons. The number of hydrogen-bond acceptors (Lipinski definition) is 8. The Morgan fingerprint density at radius 2 is 0.789 bits per heavy atom. The van der Waals surface area contributed by atoms with Crippen LogP contribution in [-0.4, -0.2) is 82.3 Å². The molecule has 0 aromatic rings. The van der Waals surface area contributed by atoms with E-state index < -0.39 is 24.3 Å². The summed E-state index contributed by atoms with van der Waals surface area (Å²) in [7, 11) is 5.89. The molecule has 2 atom stereocenters. The van der Waals surface area contributed by atoms with E-state index in [1.807, 2.05) is 33.3 Å². The first-order valence-corrected chi connectivity index (χ1v) is 29.4. The van der Waals surface area contributed by atoms with Gasteiger partial charge in [0, 0.05) is 6.42 Å². The lowest BCUT2D eigenvalue weighted by atomic mass is 10.0. The minimum atomic E-state index is -1.65. The van der Waals surface area contributed by atoms with Crippen LogP contribution in [0.1, 0.15) is 258 Å². The maximum Gasteiger partial charge on any atom is 0.310 e. The number of carboxylic acids is 1. The number of aliphatic carboxylic acids is 1. The van der Waals surface area contributed by atoms with E-state index in [1.165, 1.54) is 180 Å². The fraction of sp³-hybridized carbons (Fsp3) is 0.790. The quantitative estimate of drug-likeness (QED) is 0.0195. The molecular weight excluding hydrogens is 887 g/mol. The van der Waals surface area contributed by atoms with Gasteiger partial charge >= 0.3 is 11.9 Å². The summed E-state index contributed by atoms with van der Waals surface area (Å²) in [4.78, 5) is 37.1. The van der Waals surface area contributed by atoms with Gasteiger partial charge in [0.05, 0.1) is 46.7 Å². The first-order valence-electron chi connectivity index (χ1n) is 29.4. The monoisotopic (exact) mass is 998 g/mol. The minimum absolute atomic E-state index is 0.0154. The van der Waals surface area contributed by atoms with E-state index in [2.05, 4.69) is 56.4 Å². The molecule has 2 unspecified atom stereocenters. The van der Waals surface area contributed by atoms with E-state index in [0.717, 1.165) is 44.9 Å². The standard InChI is InChI=1S/C62H111NO8/c1-6-8-10-12-14-16-18-20-22-23-24-25-26-27-28-29-30-31-32-33-34-35-36-37-39-40-42-44-46-48-50-52-59(64)69-56-58(57-70-62(61(66)67)68-55-54-63(3,4)5)71-60(65)53-51-49-47-45-43-41-38-21-19-17-15-13-11-9-7-2/h9,11,15,17,21,38,43,45,49,51,58,62H,6-8,10,12-14,16,18-20,22-37,39-42,44,46-48,50,52-57H2,1-5H3/b11-9-,17-15-,38-21-,45-43-,51-49-. The van der Waals surface area contributed by atoms with Gasteiger partial charge in [0.15, 0.2) is 12.4 Å². The zero-order valence-corrected chi connectivity index (χ0v) is 46.8. The number of unbranched alkanes of at least 4 members (excludes halogenated alkanes) is 30. The Hall–Kier alpha value is -3.01. The van der Waals surface area contributed by atoms with Crippen molar-refractivity contribution in [1.82, 2.24) is 0 Å². The third-order valence-corrected chi connectivity index (χ3v) is 12.8.